The molecule has 0 atom stereocenters. The van der Waals surface area contributed by atoms with Gasteiger partial charge >= 0.3 is 0 Å². The van der Waals surface area contributed by atoms with Crippen LogP contribution in [0.5, 0.6) is 0 Å². The molecule has 0 spiro atoms. The molecule has 0 aliphatic rings. The number of benzene rings is 2. The minimum atomic E-state index is -0.170. The van der Waals surface area contributed by atoms with Crippen LogP contribution in [0, 0.1) is 0 Å². The Kier molecular flexibility index (Phi) is 6.14. The standard InChI is InChI=1S/C20H19Cl2N3O2/c1-25-20(27)15-7-3-2-6-14(15)18(24-25)12-19(26)23-10-4-5-13-8-9-16(21)17(22)11-13/h2-3,6-9,11H,4-5,10,12H2,1H3,(H,23,26). The lowest BCUT2D eigenvalue weighted by Crippen LogP contribution is -2.28. The van der Waals surface area contributed by atoms with E-state index in [0.29, 0.717) is 33.1 Å². The second kappa shape index (κ2) is 8.55. The first kappa shape index (κ1) is 19.4. The van der Waals surface area contributed by atoms with Crippen molar-refractivity contribution in [2.45, 2.75) is 19.3 Å². The van der Waals surface area contributed by atoms with E-state index in [1.165, 1.54) is 4.68 Å². The Labute approximate surface area is 166 Å². The van der Waals surface area contributed by atoms with E-state index in [9.17, 15) is 9.59 Å². The number of hydrogen-bond donors (Lipinski definition) is 1. The van der Waals surface area contributed by atoms with Gasteiger partial charge in [0.1, 0.15) is 0 Å². The number of rotatable bonds is 6. The zero-order valence-corrected chi connectivity index (χ0v) is 16.3. The van der Waals surface area contributed by atoms with Crippen LogP contribution < -0.4 is 10.9 Å². The Morgan fingerprint density at radius 3 is 2.59 bits per heavy atom. The minimum absolute atomic E-state index is 0.125. The van der Waals surface area contributed by atoms with Crippen LogP contribution in [0.15, 0.2) is 47.3 Å². The zero-order valence-electron chi connectivity index (χ0n) is 14.8. The number of nitrogens with one attached hydrogen (secondary N) is 1. The van der Waals surface area contributed by atoms with Gasteiger partial charge in [0, 0.05) is 19.0 Å². The van der Waals surface area contributed by atoms with Crippen molar-refractivity contribution in [2.24, 2.45) is 7.05 Å². The van der Waals surface area contributed by atoms with E-state index >= 15 is 0 Å². The van der Waals surface area contributed by atoms with Gasteiger partial charge in [0.15, 0.2) is 0 Å². The van der Waals surface area contributed by atoms with Gasteiger partial charge in [-0.05, 0) is 36.6 Å². The van der Waals surface area contributed by atoms with Crippen molar-refractivity contribution < 1.29 is 4.79 Å². The van der Waals surface area contributed by atoms with Gasteiger partial charge < -0.3 is 5.32 Å². The molecule has 7 heteroatoms. The van der Waals surface area contributed by atoms with Gasteiger partial charge in [0.05, 0.1) is 27.5 Å². The van der Waals surface area contributed by atoms with Gasteiger partial charge in [-0.2, -0.15) is 5.10 Å². The molecule has 1 amide bonds. The third kappa shape index (κ3) is 4.67. The molecule has 0 fully saturated rings. The maximum Gasteiger partial charge on any atom is 0.274 e. The van der Waals surface area contributed by atoms with Crippen LogP contribution >= 0.6 is 23.2 Å². The number of fused-ring (bicyclic) bond motifs is 1. The summed E-state index contributed by atoms with van der Waals surface area (Å²) in [5.41, 5.74) is 1.50. The summed E-state index contributed by atoms with van der Waals surface area (Å²) in [6.07, 6.45) is 1.70. The van der Waals surface area contributed by atoms with Crippen LogP contribution in [-0.4, -0.2) is 22.2 Å². The van der Waals surface area contributed by atoms with E-state index in [1.807, 2.05) is 24.3 Å². The van der Waals surface area contributed by atoms with Gasteiger partial charge in [-0.15, -0.1) is 0 Å². The highest BCUT2D eigenvalue weighted by Gasteiger charge is 2.12. The van der Waals surface area contributed by atoms with Crippen molar-refractivity contribution in [3.05, 3.63) is 74.1 Å². The summed E-state index contributed by atoms with van der Waals surface area (Å²) in [7, 11) is 1.59. The molecule has 2 aromatic carbocycles. The molecule has 0 radical (unpaired) electrons. The second-order valence-electron chi connectivity index (χ2n) is 6.30. The topological polar surface area (TPSA) is 64.0 Å². The molecule has 0 unspecified atom stereocenters. The van der Waals surface area contributed by atoms with Gasteiger partial charge in [-0.25, -0.2) is 4.68 Å². The van der Waals surface area contributed by atoms with Crippen LogP contribution in [0.2, 0.25) is 10.0 Å². The number of amides is 1. The molecule has 0 saturated carbocycles. The smallest absolute Gasteiger partial charge is 0.274 e. The summed E-state index contributed by atoms with van der Waals surface area (Å²) in [4.78, 5) is 24.4. The fourth-order valence-electron chi connectivity index (χ4n) is 2.94. The maximum absolute atomic E-state index is 12.3. The molecule has 1 heterocycles. The monoisotopic (exact) mass is 403 g/mol. The van der Waals surface area contributed by atoms with Crippen molar-refractivity contribution in [1.29, 1.82) is 0 Å². The van der Waals surface area contributed by atoms with Crippen LogP contribution in [0.4, 0.5) is 0 Å². The first-order valence-corrected chi connectivity index (χ1v) is 9.37. The zero-order chi connectivity index (χ0) is 19.4. The molecule has 1 N–H and O–H groups in total. The maximum atomic E-state index is 12.3. The Hall–Kier alpha value is -2.37. The van der Waals surface area contributed by atoms with Gasteiger partial charge in [0.25, 0.3) is 5.56 Å². The van der Waals surface area contributed by atoms with Gasteiger partial charge in [-0.1, -0.05) is 47.5 Å². The quantitative estimate of drug-likeness (QED) is 0.640. The molecular formula is C20H19Cl2N3O2. The van der Waals surface area contributed by atoms with Crippen LogP contribution in [0.25, 0.3) is 10.8 Å². The number of hydrogen-bond acceptors (Lipinski definition) is 3. The minimum Gasteiger partial charge on any atom is -0.356 e. The van der Waals surface area contributed by atoms with Gasteiger partial charge in [0.2, 0.25) is 5.91 Å². The van der Waals surface area contributed by atoms with Crippen molar-refractivity contribution in [2.75, 3.05) is 6.54 Å². The average Bonchev–Trinajstić information content (AvgIpc) is 2.66. The lowest BCUT2D eigenvalue weighted by atomic mass is 10.1. The van der Waals surface area contributed by atoms with E-state index in [4.69, 9.17) is 23.2 Å². The molecule has 0 aliphatic heterocycles. The number of nitrogens with zero attached hydrogens (tertiary/aromatic N) is 2. The molecule has 27 heavy (non-hydrogen) atoms. The molecule has 140 valence electrons. The van der Waals surface area contributed by atoms with Crippen molar-refractivity contribution in [3.63, 3.8) is 0 Å². The summed E-state index contributed by atoms with van der Waals surface area (Å²) in [5, 5.41) is 9.50. The predicted octanol–water partition coefficient (Wildman–Crippen LogP) is 3.53. The predicted molar refractivity (Wildman–Crippen MR) is 108 cm³/mol. The number of carbonyl (C=O) groups is 1. The lowest BCUT2D eigenvalue weighted by molar-refractivity contribution is -0.120. The van der Waals surface area contributed by atoms with Crippen LogP contribution in [-0.2, 0) is 24.7 Å². The Bertz CT molecular complexity index is 1050. The molecule has 5 nitrogen and oxygen atoms in total. The average molecular weight is 404 g/mol. The molecule has 3 aromatic rings. The Morgan fingerprint density at radius 2 is 1.85 bits per heavy atom. The summed E-state index contributed by atoms with van der Waals surface area (Å²) in [6.45, 7) is 0.544. The van der Waals surface area contributed by atoms with E-state index < -0.39 is 0 Å². The highest BCUT2D eigenvalue weighted by Crippen LogP contribution is 2.23. The lowest BCUT2D eigenvalue weighted by Gasteiger charge is -2.09. The SMILES string of the molecule is Cn1nc(CC(=O)NCCCc2ccc(Cl)c(Cl)c2)c2ccccc2c1=O. The molecule has 0 bridgehead atoms. The molecular weight excluding hydrogens is 385 g/mol. The summed E-state index contributed by atoms with van der Waals surface area (Å²) >= 11 is 11.9. The highest BCUT2D eigenvalue weighted by molar-refractivity contribution is 6.42. The second-order valence-corrected chi connectivity index (χ2v) is 7.11. The normalized spacial score (nSPS) is 10.9. The third-order valence-corrected chi connectivity index (χ3v) is 5.05. The third-order valence-electron chi connectivity index (χ3n) is 4.31. The largest absolute Gasteiger partial charge is 0.356 e. The number of aryl methyl sites for hydroxylation is 2. The highest BCUT2D eigenvalue weighted by atomic mass is 35.5. The molecule has 1 aromatic heterocycles. The molecule has 0 saturated heterocycles. The van der Waals surface area contributed by atoms with Crippen molar-refractivity contribution >= 4 is 39.9 Å². The van der Waals surface area contributed by atoms with Crippen LogP contribution in [0.1, 0.15) is 17.7 Å². The fourth-order valence-corrected chi connectivity index (χ4v) is 3.26. The van der Waals surface area contributed by atoms with E-state index in [0.717, 1.165) is 18.4 Å². The molecule has 0 aliphatic carbocycles. The van der Waals surface area contributed by atoms with E-state index in [1.54, 1.807) is 25.2 Å². The fraction of sp³-hybridized carbons (Fsp3) is 0.250. The summed E-state index contributed by atoms with van der Waals surface area (Å²) in [6, 6.07) is 12.7. The molecule has 3 rings (SSSR count). The van der Waals surface area contributed by atoms with Crippen LogP contribution in [0.3, 0.4) is 0 Å². The van der Waals surface area contributed by atoms with Crippen molar-refractivity contribution in [3.8, 4) is 0 Å². The number of halogens is 2. The van der Waals surface area contributed by atoms with Gasteiger partial charge in [-0.3, -0.25) is 9.59 Å². The first-order valence-electron chi connectivity index (χ1n) is 8.61. The van der Waals surface area contributed by atoms with E-state index in [2.05, 4.69) is 10.4 Å². The Balaban J connectivity index is 1.58. The van der Waals surface area contributed by atoms with E-state index in [-0.39, 0.29) is 17.9 Å². The Morgan fingerprint density at radius 1 is 1.11 bits per heavy atom. The first-order chi connectivity index (χ1) is 13.0. The summed E-state index contributed by atoms with van der Waals surface area (Å²) < 4.78 is 1.27. The van der Waals surface area contributed by atoms with Crippen molar-refractivity contribution in [1.82, 2.24) is 15.1 Å². The summed E-state index contributed by atoms with van der Waals surface area (Å²) in [5.74, 6) is -0.125. The number of aromatic nitrogens is 2. The number of carbonyl (C=O) groups excluding carboxylic acids is 1.